The molecular weight excluding hydrogens is 351 g/mol. The van der Waals surface area contributed by atoms with Crippen LogP contribution in [-0.2, 0) is 22.4 Å². The normalized spacial score (nSPS) is 17.4. The molecule has 0 saturated carbocycles. The van der Waals surface area contributed by atoms with Gasteiger partial charge in [-0.3, -0.25) is 9.59 Å². The van der Waals surface area contributed by atoms with Crippen LogP contribution in [0.15, 0.2) is 22.2 Å². The van der Waals surface area contributed by atoms with Gasteiger partial charge in [0, 0.05) is 12.6 Å². The van der Waals surface area contributed by atoms with E-state index in [1.54, 1.807) is 0 Å². The number of hydrogen-bond donors (Lipinski definition) is 1. The number of nitrogens with one attached hydrogen (secondary N) is 1. The number of hydrogen-bond acceptors (Lipinski definition) is 4. The lowest BCUT2D eigenvalue weighted by molar-refractivity contribution is -0.138. The monoisotopic (exact) mass is 365 g/mol. The number of carbonyl (C=O) groups excluding carboxylic acids is 1. The highest BCUT2D eigenvalue weighted by Gasteiger charge is 2.32. The van der Waals surface area contributed by atoms with E-state index in [1.165, 1.54) is 0 Å². The molecule has 1 aromatic rings. The first-order chi connectivity index (χ1) is 11.2. The van der Waals surface area contributed by atoms with Crippen molar-refractivity contribution in [1.82, 2.24) is 9.88 Å². The van der Waals surface area contributed by atoms with Crippen molar-refractivity contribution in [2.24, 2.45) is 5.16 Å². The van der Waals surface area contributed by atoms with Gasteiger partial charge >= 0.3 is 6.18 Å². The number of halogens is 4. The zero-order chi connectivity index (χ0) is 17.9. The molecule has 0 aromatic carbocycles. The van der Waals surface area contributed by atoms with E-state index in [-0.39, 0.29) is 12.6 Å². The number of aromatic nitrogens is 1. The Morgan fingerprint density at radius 1 is 1.54 bits per heavy atom. The quantitative estimate of drug-likeness (QED) is 0.869. The van der Waals surface area contributed by atoms with Crippen LogP contribution in [0, 0.1) is 0 Å². The lowest BCUT2D eigenvalue weighted by Gasteiger charge is -2.13. The molecule has 0 radical (unpaired) electrons. The molecule has 1 aliphatic rings. The Bertz CT molecular complexity index is 715. The molecule has 1 aromatic heterocycles. The highest BCUT2D eigenvalue weighted by molar-refractivity contribution is 6.30. The van der Waals surface area contributed by atoms with E-state index >= 15 is 0 Å². The van der Waals surface area contributed by atoms with Crippen LogP contribution in [0.3, 0.4) is 0 Å². The first kappa shape index (κ1) is 18.3. The van der Waals surface area contributed by atoms with Gasteiger partial charge in [-0.25, -0.2) is 0 Å². The van der Waals surface area contributed by atoms with E-state index < -0.39 is 34.8 Å². The van der Waals surface area contributed by atoms with Crippen LogP contribution in [0.25, 0.3) is 0 Å². The number of rotatable bonds is 5. The Labute approximate surface area is 140 Å². The first-order valence-electron chi connectivity index (χ1n) is 7.16. The topological polar surface area (TPSA) is 72.7 Å². The van der Waals surface area contributed by atoms with Gasteiger partial charge < -0.3 is 14.7 Å². The van der Waals surface area contributed by atoms with Crippen LogP contribution in [0.2, 0.25) is 5.02 Å². The molecule has 132 valence electrons. The van der Waals surface area contributed by atoms with E-state index in [1.807, 2.05) is 6.92 Å². The Morgan fingerprint density at radius 3 is 2.83 bits per heavy atom. The third kappa shape index (κ3) is 4.50. The second kappa shape index (κ2) is 7.25. The van der Waals surface area contributed by atoms with Gasteiger partial charge in [0.2, 0.25) is 5.91 Å². The Hall–Kier alpha value is -2.03. The molecule has 0 spiro atoms. The molecule has 10 heteroatoms. The van der Waals surface area contributed by atoms with Crippen molar-refractivity contribution in [3.63, 3.8) is 0 Å². The molecule has 0 aliphatic carbocycles. The third-order valence-corrected chi connectivity index (χ3v) is 3.68. The van der Waals surface area contributed by atoms with Crippen molar-refractivity contribution in [2.75, 3.05) is 6.54 Å². The summed E-state index contributed by atoms with van der Waals surface area (Å²) in [6.45, 7) is 1.50. The van der Waals surface area contributed by atoms with Gasteiger partial charge in [-0.15, -0.1) is 0 Å². The molecule has 24 heavy (non-hydrogen) atoms. The average Bonchev–Trinajstić information content (AvgIpc) is 2.96. The minimum atomic E-state index is -4.67. The van der Waals surface area contributed by atoms with Gasteiger partial charge in [0.15, 0.2) is 0 Å². The summed E-state index contributed by atoms with van der Waals surface area (Å²) in [5.74, 6) is -0.624. The molecule has 6 nitrogen and oxygen atoms in total. The van der Waals surface area contributed by atoms with Crippen molar-refractivity contribution in [2.45, 2.75) is 38.6 Å². The maximum atomic E-state index is 12.7. The standard InChI is InChI=1S/C14H15ClF3N3O3/c1-2-9-4-10(24-20-9)5-19-12(22)7-21-6-8(14(16,17)18)3-11(15)13(21)23/h3,6,10H,2,4-5,7H2,1H3,(H,19,22). The number of amides is 1. The number of alkyl halides is 3. The predicted molar refractivity (Wildman–Crippen MR) is 80.9 cm³/mol. The molecule has 1 aliphatic heterocycles. The molecular formula is C14H15ClF3N3O3. The predicted octanol–water partition coefficient (Wildman–Crippen LogP) is 2.19. The number of nitrogens with zero attached hydrogens (tertiary/aromatic N) is 2. The van der Waals surface area contributed by atoms with Gasteiger partial charge in [-0.1, -0.05) is 23.7 Å². The van der Waals surface area contributed by atoms with Crippen LogP contribution in [0.1, 0.15) is 25.3 Å². The van der Waals surface area contributed by atoms with Crippen LogP contribution >= 0.6 is 11.6 Å². The fraction of sp³-hybridized carbons (Fsp3) is 0.500. The second-order valence-corrected chi connectivity index (χ2v) is 5.66. The SMILES string of the molecule is CCC1=NOC(CNC(=O)Cn2cc(C(F)(F)F)cc(Cl)c2=O)C1. The maximum absolute atomic E-state index is 12.7. The Morgan fingerprint density at radius 2 is 2.25 bits per heavy atom. The summed E-state index contributed by atoms with van der Waals surface area (Å²) < 4.78 is 38.8. The molecule has 1 N–H and O–H groups in total. The summed E-state index contributed by atoms with van der Waals surface area (Å²) in [5, 5.41) is 5.73. The highest BCUT2D eigenvalue weighted by Crippen LogP contribution is 2.29. The minimum Gasteiger partial charge on any atom is -0.390 e. The number of pyridine rings is 1. The Kier molecular flexibility index (Phi) is 5.53. The molecule has 1 amide bonds. The molecule has 1 atom stereocenters. The third-order valence-electron chi connectivity index (χ3n) is 3.41. The lowest BCUT2D eigenvalue weighted by Crippen LogP contribution is -2.37. The fourth-order valence-corrected chi connectivity index (χ4v) is 2.34. The van der Waals surface area contributed by atoms with Crippen molar-refractivity contribution in [1.29, 1.82) is 0 Å². The maximum Gasteiger partial charge on any atom is 0.417 e. The zero-order valence-electron chi connectivity index (χ0n) is 12.7. The van der Waals surface area contributed by atoms with E-state index in [0.29, 0.717) is 23.3 Å². The summed E-state index contributed by atoms with van der Waals surface area (Å²) in [6, 6.07) is 0.536. The van der Waals surface area contributed by atoms with Crippen molar-refractivity contribution < 1.29 is 22.8 Å². The van der Waals surface area contributed by atoms with Crippen molar-refractivity contribution >= 4 is 23.2 Å². The molecule has 0 saturated heterocycles. The highest BCUT2D eigenvalue weighted by atomic mass is 35.5. The van der Waals surface area contributed by atoms with Crippen LogP contribution in [0.5, 0.6) is 0 Å². The summed E-state index contributed by atoms with van der Waals surface area (Å²) in [7, 11) is 0. The number of carbonyl (C=O) groups is 1. The molecule has 0 fully saturated rings. The van der Waals surface area contributed by atoms with Crippen LogP contribution < -0.4 is 10.9 Å². The number of oxime groups is 1. The summed E-state index contributed by atoms with van der Waals surface area (Å²) in [6.07, 6.45) is -3.10. The summed E-state index contributed by atoms with van der Waals surface area (Å²) in [5.41, 5.74) is -1.09. The Balaban J connectivity index is 1.99. The average molecular weight is 366 g/mol. The zero-order valence-corrected chi connectivity index (χ0v) is 13.4. The van der Waals surface area contributed by atoms with Crippen LogP contribution in [0.4, 0.5) is 13.2 Å². The van der Waals surface area contributed by atoms with Gasteiger partial charge in [-0.05, 0) is 12.5 Å². The van der Waals surface area contributed by atoms with E-state index in [0.717, 1.165) is 12.1 Å². The van der Waals surface area contributed by atoms with Gasteiger partial charge in [-0.2, -0.15) is 13.2 Å². The van der Waals surface area contributed by atoms with Gasteiger partial charge in [0.05, 0.1) is 17.8 Å². The molecule has 2 heterocycles. The summed E-state index contributed by atoms with van der Waals surface area (Å²) >= 11 is 5.52. The van der Waals surface area contributed by atoms with Gasteiger partial charge in [0.25, 0.3) is 5.56 Å². The first-order valence-corrected chi connectivity index (χ1v) is 7.54. The lowest BCUT2D eigenvalue weighted by atomic mass is 10.1. The van der Waals surface area contributed by atoms with Gasteiger partial charge in [0.1, 0.15) is 17.7 Å². The van der Waals surface area contributed by atoms with E-state index in [4.69, 9.17) is 16.4 Å². The van der Waals surface area contributed by atoms with E-state index in [9.17, 15) is 22.8 Å². The second-order valence-electron chi connectivity index (χ2n) is 5.25. The smallest absolute Gasteiger partial charge is 0.390 e. The van der Waals surface area contributed by atoms with Crippen LogP contribution in [-0.4, -0.2) is 28.8 Å². The minimum absolute atomic E-state index is 0.146. The molecule has 2 rings (SSSR count). The summed E-state index contributed by atoms with van der Waals surface area (Å²) in [4.78, 5) is 28.7. The van der Waals surface area contributed by atoms with E-state index in [2.05, 4.69) is 10.5 Å². The van der Waals surface area contributed by atoms with Crippen molar-refractivity contribution in [3.05, 3.63) is 33.2 Å². The largest absolute Gasteiger partial charge is 0.417 e. The molecule has 0 bridgehead atoms. The van der Waals surface area contributed by atoms with Crippen molar-refractivity contribution in [3.8, 4) is 0 Å². The molecule has 1 unspecified atom stereocenters. The fourth-order valence-electron chi connectivity index (χ4n) is 2.11.